The summed E-state index contributed by atoms with van der Waals surface area (Å²) in [4.78, 5) is 12.1. The highest BCUT2D eigenvalue weighted by Gasteiger charge is 2.22. The molecule has 3 aromatic rings. The molecule has 0 fully saturated rings. The first-order valence-electron chi connectivity index (χ1n) is 10.4. The van der Waals surface area contributed by atoms with Crippen LogP contribution in [0, 0.1) is 0 Å². The van der Waals surface area contributed by atoms with E-state index in [-0.39, 0.29) is 17.9 Å². The number of ether oxygens (including phenoxy) is 2. The zero-order valence-electron chi connectivity index (χ0n) is 18.5. The van der Waals surface area contributed by atoms with E-state index < -0.39 is 0 Å². The van der Waals surface area contributed by atoms with Crippen LogP contribution in [0.25, 0.3) is 0 Å². The van der Waals surface area contributed by atoms with Gasteiger partial charge < -0.3 is 9.47 Å². The minimum Gasteiger partial charge on any atom is -0.493 e. The van der Waals surface area contributed by atoms with Gasteiger partial charge in [0.1, 0.15) is 11.5 Å². The van der Waals surface area contributed by atoms with Crippen LogP contribution in [0.15, 0.2) is 82.4 Å². The molecule has 1 N–H and O–H groups in total. The van der Waals surface area contributed by atoms with Crippen LogP contribution in [0.1, 0.15) is 37.5 Å². The topological polar surface area (TPSA) is 59.9 Å². The Kier molecular flexibility index (Phi) is 8.06. The summed E-state index contributed by atoms with van der Waals surface area (Å²) >= 11 is 3.42. The number of hydrogen-bond acceptors (Lipinski definition) is 4. The molecule has 0 spiro atoms. The molecular formula is C26H27BrN2O3. The molecule has 0 bridgehead atoms. The number of carbonyl (C=O) groups is 1. The van der Waals surface area contributed by atoms with E-state index in [1.807, 2.05) is 67.6 Å². The van der Waals surface area contributed by atoms with Crippen LogP contribution in [0.2, 0.25) is 0 Å². The lowest BCUT2D eigenvalue weighted by molar-refractivity contribution is -0.123. The molecular weight excluding hydrogens is 468 g/mol. The molecule has 1 amide bonds. The minimum absolute atomic E-state index is 0.126. The zero-order valence-corrected chi connectivity index (χ0v) is 20.1. The van der Waals surface area contributed by atoms with Gasteiger partial charge >= 0.3 is 0 Å². The number of rotatable bonds is 9. The molecule has 3 aromatic carbocycles. The molecule has 0 aliphatic rings. The molecule has 0 aliphatic heterocycles. The summed E-state index contributed by atoms with van der Waals surface area (Å²) in [6.45, 7) is 6.70. The molecule has 0 unspecified atom stereocenters. The van der Waals surface area contributed by atoms with Gasteiger partial charge in [-0.05, 0) is 48.4 Å². The number of halogens is 1. The van der Waals surface area contributed by atoms with Crippen LogP contribution in [-0.4, -0.2) is 25.3 Å². The molecule has 0 aliphatic carbocycles. The lowest BCUT2D eigenvalue weighted by Crippen LogP contribution is -2.24. The van der Waals surface area contributed by atoms with Gasteiger partial charge in [-0.2, -0.15) is 5.10 Å². The Balaban J connectivity index is 1.54. The molecule has 166 valence electrons. The van der Waals surface area contributed by atoms with E-state index in [0.717, 1.165) is 10.0 Å². The Morgan fingerprint density at radius 1 is 1.00 bits per heavy atom. The van der Waals surface area contributed by atoms with Crippen LogP contribution in [0.4, 0.5) is 0 Å². The van der Waals surface area contributed by atoms with Crippen LogP contribution in [0.5, 0.6) is 11.5 Å². The first-order chi connectivity index (χ1) is 15.4. The fraction of sp³-hybridized carbons (Fsp3) is 0.231. The van der Waals surface area contributed by atoms with Crippen molar-refractivity contribution in [2.45, 2.75) is 26.2 Å². The third-order valence-corrected chi connectivity index (χ3v) is 5.60. The number of amides is 1. The quantitative estimate of drug-likeness (QED) is 0.306. The number of benzene rings is 3. The van der Waals surface area contributed by atoms with Gasteiger partial charge in [-0.15, -0.1) is 0 Å². The maximum absolute atomic E-state index is 12.1. The maximum Gasteiger partial charge on any atom is 0.277 e. The molecule has 5 nitrogen and oxygen atoms in total. The third kappa shape index (κ3) is 6.20. The standard InChI is InChI=1S/C26H27BrN2O3/c1-4-31-24-15-12-22(27)16-19(24)17-28-29-25(30)18-32-23-13-10-21(11-14-23)26(2,3)20-8-6-5-7-9-20/h5-17H,4,18H2,1-3H3,(H,29,30)/b28-17-. The zero-order chi connectivity index (χ0) is 23.0. The summed E-state index contributed by atoms with van der Waals surface area (Å²) in [6, 6.07) is 23.8. The van der Waals surface area contributed by atoms with E-state index in [9.17, 15) is 4.79 Å². The van der Waals surface area contributed by atoms with Crippen LogP contribution >= 0.6 is 15.9 Å². The summed E-state index contributed by atoms with van der Waals surface area (Å²) in [5.41, 5.74) is 5.53. The summed E-state index contributed by atoms with van der Waals surface area (Å²) < 4.78 is 12.1. The summed E-state index contributed by atoms with van der Waals surface area (Å²) in [5.74, 6) is 0.980. The van der Waals surface area contributed by atoms with Gasteiger partial charge in [-0.1, -0.05) is 72.2 Å². The van der Waals surface area contributed by atoms with Crippen molar-refractivity contribution < 1.29 is 14.3 Å². The summed E-state index contributed by atoms with van der Waals surface area (Å²) in [7, 11) is 0. The first-order valence-corrected chi connectivity index (χ1v) is 11.2. The highest BCUT2D eigenvalue weighted by Crippen LogP contribution is 2.32. The van der Waals surface area contributed by atoms with Crippen molar-refractivity contribution in [3.8, 4) is 11.5 Å². The van der Waals surface area contributed by atoms with E-state index in [1.54, 1.807) is 6.21 Å². The predicted molar refractivity (Wildman–Crippen MR) is 132 cm³/mol. The Morgan fingerprint density at radius 2 is 1.69 bits per heavy atom. The van der Waals surface area contributed by atoms with Crippen molar-refractivity contribution >= 4 is 28.1 Å². The third-order valence-electron chi connectivity index (χ3n) is 5.11. The van der Waals surface area contributed by atoms with Crippen LogP contribution in [-0.2, 0) is 10.2 Å². The average Bonchev–Trinajstić information content (AvgIpc) is 2.80. The van der Waals surface area contributed by atoms with Gasteiger partial charge in [0, 0.05) is 15.5 Å². The molecule has 0 saturated heterocycles. The summed E-state index contributed by atoms with van der Waals surface area (Å²) in [5, 5.41) is 4.01. The highest BCUT2D eigenvalue weighted by atomic mass is 79.9. The van der Waals surface area contributed by atoms with Gasteiger partial charge in [0.25, 0.3) is 5.91 Å². The molecule has 0 atom stereocenters. The summed E-state index contributed by atoms with van der Waals surface area (Å²) in [6.07, 6.45) is 1.55. The second-order valence-electron chi connectivity index (χ2n) is 7.71. The number of nitrogens with zero attached hydrogens (tertiary/aromatic N) is 1. The van der Waals surface area contributed by atoms with E-state index in [4.69, 9.17) is 9.47 Å². The van der Waals surface area contributed by atoms with Gasteiger partial charge in [0.05, 0.1) is 12.8 Å². The van der Waals surface area contributed by atoms with Crippen molar-refractivity contribution in [1.29, 1.82) is 0 Å². The Morgan fingerprint density at radius 3 is 2.38 bits per heavy atom. The first kappa shape index (κ1) is 23.5. The van der Waals surface area contributed by atoms with Crippen molar-refractivity contribution in [3.05, 3.63) is 94.0 Å². The van der Waals surface area contributed by atoms with Gasteiger partial charge in [0.15, 0.2) is 6.61 Å². The molecule has 0 radical (unpaired) electrons. The van der Waals surface area contributed by atoms with Gasteiger partial charge in [0.2, 0.25) is 0 Å². The number of carbonyl (C=O) groups excluding carboxylic acids is 1. The predicted octanol–water partition coefficient (Wildman–Crippen LogP) is 5.70. The molecule has 32 heavy (non-hydrogen) atoms. The Labute approximate surface area is 197 Å². The van der Waals surface area contributed by atoms with Crippen molar-refractivity contribution in [1.82, 2.24) is 5.43 Å². The monoisotopic (exact) mass is 494 g/mol. The lowest BCUT2D eigenvalue weighted by Gasteiger charge is -2.26. The van der Waals surface area contributed by atoms with Crippen molar-refractivity contribution in [2.75, 3.05) is 13.2 Å². The Bertz CT molecular complexity index is 1060. The largest absolute Gasteiger partial charge is 0.493 e. The van der Waals surface area contributed by atoms with E-state index in [2.05, 4.69) is 52.4 Å². The molecule has 0 aromatic heterocycles. The minimum atomic E-state index is -0.345. The number of hydrogen-bond donors (Lipinski definition) is 1. The van der Waals surface area contributed by atoms with Gasteiger partial charge in [-0.25, -0.2) is 5.43 Å². The second-order valence-corrected chi connectivity index (χ2v) is 8.63. The highest BCUT2D eigenvalue weighted by molar-refractivity contribution is 9.10. The maximum atomic E-state index is 12.1. The molecule has 0 saturated carbocycles. The fourth-order valence-electron chi connectivity index (χ4n) is 3.25. The SMILES string of the molecule is CCOc1ccc(Br)cc1/C=N\NC(=O)COc1ccc(C(C)(C)c2ccccc2)cc1. The number of hydrazone groups is 1. The van der Waals surface area contributed by atoms with Gasteiger partial charge in [-0.3, -0.25) is 4.79 Å². The van der Waals surface area contributed by atoms with Crippen molar-refractivity contribution in [3.63, 3.8) is 0 Å². The lowest BCUT2D eigenvalue weighted by atomic mass is 9.78. The van der Waals surface area contributed by atoms with E-state index in [0.29, 0.717) is 18.1 Å². The molecule has 6 heteroatoms. The fourth-order valence-corrected chi connectivity index (χ4v) is 3.63. The van der Waals surface area contributed by atoms with Crippen molar-refractivity contribution in [2.24, 2.45) is 5.10 Å². The van der Waals surface area contributed by atoms with E-state index in [1.165, 1.54) is 11.1 Å². The number of nitrogens with one attached hydrogen (secondary N) is 1. The van der Waals surface area contributed by atoms with E-state index >= 15 is 0 Å². The average molecular weight is 495 g/mol. The molecule has 3 rings (SSSR count). The van der Waals surface area contributed by atoms with Crippen LogP contribution < -0.4 is 14.9 Å². The Hall–Kier alpha value is -3.12. The smallest absolute Gasteiger partial charge is 0.277 e. The normalized spacial score (nSPS) is 11.4. The molecule has 0 heterocycles. The van der Waals surface area contributed by atoms with Crippen LogP contribution in [0.3, 0.4) is 0 Å². The second kappa shape index (κ2) is 11.0.